The molecule has 14 heavy (non-hydrogen) atoms. The molecule has 0 unspecified atom stereocenters. The van der Waals surface area contributed by atoms with Crippen molar-refractivity contribution in [1.29, 1.82) is 0 Å². The van der Waals surface area contributed by atoms with Gasteiger partial charge in [0.2, 0.25) is 0 Å². The van der Waals surface area contributed by atoms with E-state index in [-0.39, 0.29) is 5.41 Å². The first-order chi connectivity index (χ1) is 6.25. The van der Waals surface area contributed by atoms with Gasteiger partial charge in [-0.05, 0) is 0 Å². The fourth-order valence-electron chi connectivity index (χ4n) is 2.03. The van der Waals surface area contributed by atoms with Crippen LogP contribution in [-0.2, 0) is 5.41 Å². The zero-order valence-corrected chi connectivity index (χ0v) is 12.1. The van der Waals surface area contributed by atoms with E-state index in [1.54, 1.807) is 4.44 Å². The number of rotatable bonds is 1. The number of hydrogen-bond donors (Lipinski definition) is 0. The summed E-state index contributed by atoms with van der Waals surface area (Å²) in [7, 11) is 0. The molecule has 0 fully saturated rings. The van der Waals surface area contributed by atoms with Crippen molar-refractivity contribution in [2.24, 2.45) is 0 Å². The summed E-state index contributed by atoms with van der Waals surface area (Å²) in [6, 6.07) is 1.39. The molecule has 0 bridgehead atoms. The predicted octanol–water partition coefficient (Wildman–Crippen LogP) is 2.37. The van der Waals surface area contributed by atoms with Crippen LogP contribution < -0.4 is 4.57 Å². The Labute approximate surface area is 93.9 Å². The summed E-state index contributed by atoms with van der Waals surface area (Å²) in [5, 5.41) is 0. The van der Waals surface area contributed by atoms with E-state index in [0.717, 1.165) is 0 Å². The van der Waals surface area contributed by atoms with Gasteiger partial charge in [0.05, 0.1) is 0 Å². The number of hydrogen-bond acceptors (Lipinski definition) is 0. The topological polar surface area (TPSA) is 3.88 Å². The van der Waals surface area contributed by atoms with E-state index in [2.05, 4.69) is 53.0 Å². The molecule has 0 amide bonds. The molecule has 0 saturated carbocycles. The van der Waals surface area contributed by atoms with Crippen LogP contribution in [0.1, 0.15) is 49.3 Å². The molecule has 1 heterocycles. The molecule has 0 aliphatic heterocycles. The molecular formula is C12H21NSe. The van der Waals surface area contributed by atoms with Crippen molar-refractivity contribution < 1.29 is 4.57 Å². The van der Waals surface area contributed by atoms with E-state index in [1.165, 1.54) is 16.3 Å². The maximum absolute atomic E-state index is 2.45. The van der Waals surface area contributed by atoms with Gasteiger partial charge in [0.25, 0.3) is 0 Å². The van der Waals surface area contributed by atoms with Gasteiger partial charge in [-0.1, -0.05) is 0 Å². The van der Waals surface area contributed by atoms with E-state index in [1.807, 2.05) is 0 Å². The Hall–Kier alpha value is -0.201. The third-order valence-corrected chi connectivity index (χ3v) is 4.38. The maximum atomic E-state index is 2.45. The fraction of sp³-hybridized carbons (Fsp3) is 0.667. The average molecular weight is 258 g/mol. The standard InChI is InChI=1S/C12H21NSe/c1-8(2)13-10(4)14-9(3)11(13)12(5,6)7/h1-7H3. The Morgan fingerprint density at radius 3 is 1.93 bits per heavy atom. The van der Waals surface area contributed by atoms with Gasteiger partial charge in [-0.2, -0.15) is 0 Å². The Bertz CT molecular complexity index is 329. The van der Waals surface area contributed by atoms with Crippen LogP contribution in [0.3, 0.4) is 0 Å². The predicted molar refractivity (Wildman–Crippen MR) is 61.7 cm³/mol. The second kappa shape index (κ2) is 3.75. The van der Waals surface area contributed by atoms with Crippen molar-refractivity contribution in [3.05, 3.63) is 20.7 Å². The van der Waals surface area contributed by atoms with E-state index in [9.17, 15) is 0 Å². The van der Waals surface area contributed by atoms with Crippen LogP contribution in [0.2, 0.25) is 0 Å². The van der Waals surface area contributed by atoms with Crippen LogP contribution in [0.5, 0.6) is 0 Å². The second-order valence-electron chi connectivity index (χ2n) is 5.06. The van der Waals surface area contributed by atoms with Crippen molar-refractivity contribution >= 4 is 14.5 Å². The Morgan fingerprint density at radius 1 is 1.14 bits per heavy atom. The van der Waals surface area contributed by atoms with Crippen LogP contribution in [0.15, 0.2) is 0 Å². The molecule has 1 aromatic rings. The van der Waals surface area contributed by atoms with Gasteiger partial charge in [0.1, 0.15) is 0 Å². The summed E-state index contributed by atoms with van der Waals surface area (Å²) >= 11 is 0.569. The third-order valence-electron chi connectivity index (χ3n) is 2.33. The third kappa shape index (κ3) is 2.07. The molecule has 0 atom stereocenters. The Morgan fingerprint density at radius 2 is 1.64 bits per heavy atom. The Balaban J connectivity index is 3.40. The quantitative estimate of drug-likeness (QED) is 0.413. The van der Waals surface area contributed by atoms with Gasteiger partial charge in [0, 0.05) is 0 Å². The molecule has 0 aliphatic rings. The van der Waals surface area contributed by atoms with Crippen molar-refractivity contribution in [2.45, 2.75) is 53.9 Å². The van der Waals surface area contributed by atoms with Gasteiger partial charge >= 0.3 is 93.7 Å². The molecule has 1 aromatic heterocycles. The van der Waals surface area contributed by atoms with Gasteiger partial charge in [-0.25, -0.2) is 0 Å². The number of aryl methyl sites for hydroxylation is 2. The van der Waals surface area contributed by atoms with E-state index < -0.39 is 0 Å². The summed E-state index contributed by atoms with van der Waals surface area (Å²) in [4.78, 5) is 0. The van der Waals surface area contributed by atoms with E-state index in [4.69, 9.17) is 0 Å². The first-order valence-corrected chi connectivity index (χ1v) is 6.79. The zero-order valence-electron chi connectivity index (χ0n) is 10.4. The second-order valence-corrected chi connectivity index (χ2v) is 8.01. The van der Waals surface area contributed by atoms with Crippen LogP contribution >= 0.6 is 0 Å². The van der Waals surface area contributed by atoms with Gasteiger partial charge < -0.3 is 0 Å². The molecule has 0 N–H and O–H groups in total. The molecule has 0 aromatic carbocycles. The van der Waals surface area contributed by atoms with Crippen molar-refractivity contribution in [2.75, 3.05) is 0 Å². The molecule has 1 nitrogen and oxygen atoms in total. The zero-order chi connectivity index (χ0) is 11.1. The minimum absolute atomic E-state index is 0.265. The molecule has 2 heteroatoms. The summed E-state index contributed by atoms with van der Waals surface area (Å²) in [5.41, 5.74) is 1.79. The summed E-state index contributed by atoms with van der Waals surface area (Å²) in [6.45, 7) is 15.8. The van der Waals surface area contributed by atoms with Gasteiger partial charge in [-0.15, -0.1) is 0 Å². The molecule has 0 radical (unpaired) electrons. The van der Waals surface area contributed by atoms with Crippen LogP contribution in [-0.4, -0.2) is 14.5 Å². The molecule has 1 rings (SSSR count). The monoisotopic (exact) mass is 259 g/mol. The average Bonchev–Trinajstić information content (AvgIpc) is 2.23. The minimum atomic E-state index is 0.265. The van der Waals surface area contributed by atoms with Gasteiger partial charge in [-0.3, -0.25) is 0 Å². The normalized spacial score (nSPS) is 11.9. The van der Waals surface area contributed by atoms with Gasteiger partial charge in [0.15, 0.2) is 0 Å². The van der Waals surface area contributed by atoms with E-state index >= 15 is 0 Å². The van der Waals surface area contributed by atoms with Crippen LogP contribution in [0.4, 0.5) is 0 Å². The fourth-order valence-corrected chi connectivity index (χ4v) is 4.76. The Kier molecular flexibility index (Phi) is 3.18. The first-order valence-electron chi connectivity index (χ1n) is 5.08. The molecule has 0 saturated heterocycles. The van der Waals surface area contributed by atoms with Crippen molar-refractivity contribution in [3.8, 4) is 0 Å². The van der Waals surface area contributed by atoms with Crippen molar-refractivity contribution in [1.82, 2.24) is 0 Å². The number of aromatic nitrogens is 1. The molecule has 80 valence electrons. The first kappa shape index (κ1) is 11.9. The summed E-state index contributed by atoms with van der Waals surface area (Å²) in [6.07, 6.45) is 0. The molecule has 0 aliphatic carbocycles. The molecule has 0 spiro atoms. The van der Waals surface area contributed by atoms with Crippen LogP contribution in [0.25, 0.3) is 0 Å². The van der Waals surface area contributed by atoms with Crippen molar-refractivity contribution in [3.63, 3.8) is 0 Å². The van der Waals surface area contributed by atoms with E-state index in [0.29, 0.717) is 14.5 Å². The SMILES string of the molecule is Cc1[se]c(C)[n+]([C-](C)C)c1C(C)(C)C. The summed E-state index contributed by atoms with van der Waals surface area (Å²) in [5.74, 6) is 0. The summed E-state index contributed by atoms with van der Waals surface area (Å²) < 4.78 is 5.57. The molecular weight excluding hydrogens is 237 g/mol. The number of nitrogens with zero attached hydrogens (tertiary/aromatic N) is 1. The van der Waals surface area contributed by atoms with Crippen LogP contribution in [0, 0.1) is 19.9 Å².